The van der Waals surface area contributed by atoms with Crippen molar-refractivity contribution >= 4 is 17.7 Å². The molecule has 2 aromatic rings. The molecule has 2 rings (SSSR count). The maximum Gasteiger partial charge on any atom is 0.405 e. The van der Waals surface area contributed by atoms with Crippen molar-refractivity contribution in [3.05, 3.63) is 48.0 Å². The van der Waals surface area contributed by atoms with Gasteiger partial charge in [0.05, 0.1) is 17.1 Å². The van der Waals surface area contributed by atoms with Gasteiger partial charge in [-0.05, 0) is 24.3 Å². The molecule has 4 nitrogen and oxygen atoms in total. The zero-order valence-electron chi connectivity index (χ0n) is 11.8. The fraction of sp³-hybridized carbons (Fsp3) is 0.286. The lowest BCUT2D eigenvalue weighted by Gasteiger charge is -2.07. The molecule has 0 saturated carbocycles. The highest BCUT2D eigenvalue weighted by Gasteiger charge is 2.27. The number of carbonyl (C=O) groups excluding carboxylic acids is 1. The van der Waals surface area contributed by atoms with E-state index in [1.165, 1.54) is 16.8 Å². The highest BCUT2D eigenvalue weighted by molar-refractivity contribution is 7.99. The molecule has 1 amide bonds. The Morgan fingerprint density at radius 2 is 2.09 bits per heavy atom. The molecule has 1 aromatic heterocycles. The van der Waals surface area contributed by atoms with E-state index in [1.807, 2.05) is 0 Å². The summed E-state index contributed by atoms with van der Waals surface area (Å²) in [6.07, 6.45) is -2.77. The Kier molecular flexibility index (Phi) is 5.64. The molecule has 0 fully saturated rings. The van der Waals surface area contributed by atoms with Gasteiger partial charge in [-0.15, -0.1) is 11.8 Å². The van der Waals surface area contributed by atoms with Crippen LogP contribution in [0.2, 0.25) is 0 Å². The molecule has 0 atom stereocenters. The van der Waals surface area contributed by atoms with Gasteiger partial charge in [0.2, 0.25) is 5.91 Å². The molecule has 1 heterocycles. The summed E-state index contributed by atoms with van der Waals surface area (Å²) in [6.45, 7) is -1.33. The lowest BCUT2D eigenvalue weighted by molar-refractivity contribution is -0.136. The Balaban J connectivity index is 1.80. The van der Waals surface area contributed by atoms with Crippen LogP contribution in [0.5, 0.6) is 0 Å². The van der Waals surface area contributed by atoms with Gasteiger partial charge in [-0.25, -0.2) is 9.07 Å². The first-order valence-electron chi connectivity index (χ1n) is 6.55. The van der Waals surface area contributed by atoms with Crippen molar-refractivity contribution in [1.82, 2.24) is 15.1 Å². The normalized spacial score (nSPS) is 11.5. The van der Waals surface area contributed by atoms with Gasteiger partial charge in [0.1, 0.15) is 12.4 Å². The van der Waals surface area contributed by atoms with Gasteiger partial charge in [0.25, 0.3) is 0 Å². The molecule has 23 heavy (non-hydrogen) atoms. The average molecular weight is 347 g/mol. The molecular weight excluding hydrogens is 334 g/mol. The Hall–Kier alpha value is -2.03. The maximum absolute atomic E-state index is 13.1. The first kappa shape index (κ1) is 17.3. The predicted octanol–water partition coefficient (Wildman–Crippen LogP) is 2.92. The smallest absolute Gasteiger partial charge is 0.346 e. The molecular formula is C14H13F4N3OS. The molecule has 1 aromatic carbocycles. The molecule has 0 aliphatic heterocycles. The van der Waals surface area contributed by atoms with E-state index in [0.29, 0.717) is 17.1 Å². The van der Waals surface area contributed by atoms with Crippen LogP contribution in [-0.2, 0) is 10.5 Å². The van der Waals surface area contributed by atoms with Crippen molar-refractivity contribution in [2.75, 3.05) is 12.3 Å². The zero-order valence-corrected chi connectivity index (χ0v) is 12.6. The highest BCUT2D eigenvalue weighted by atomic mass is 32.2. The van der Waals surface area contributed by atoms with E-state index in [4.69, 9.17) is 0 Å². The molecule has 0 aliphatic rings. The maximum atomic E-state index is 13.1. The van der Waals surface area contributed by atoms with E-state index < -0.39 is 18.6 Å². The topological polar surface area (TPSA) is 46.9 Å². The van der Waals surface area contributed by atoms with E-state index in [0.717, 1.165) is 11.8 Å². The van der Waals surface area contributed by atoms with Crippen LogP contribution in [0.3, 0.4) is 0 Å². The van der Waals surface area contributed by atoms with Crippen LogP contribution in [0, 0.1) is 5.82 Å². The number of nitrogens with one attached hydrogen (secondary N) is 1. The number of aromatic nitrogens is 2. The minimum atomic E-state index is -4.41. The average Bonchev–Trinajstić information content (AvgIpc) is 2.93. The SMILES string of the molecule is O=C(CSCc1ccn(-c2cccc(F)c2)n1)NCC(F)(F)F. The lowest BCUT2D eigenvalue weighted by atomic mass is 10.3. The molecule has 0 radical (unpaired) electrons. The van der Waals surface area contributed by atoms with Gasteiger partial charge < -0.3 is 5.32 Å². The zero-order chi connectivity index (χ0) is 16.9. The highest BCUT2D eigenvalue weighted by Crippen LogP contribution is 2.15. The first-order chi connectivity index (χ1) is 10.8. The van der Waals surface area contributed by atoms with E-state index in [2.05, 4.69) is 5.10 Å². The minimum absolute atomic E-state index is 0.0943. The fourth-order valence-corrected chi connectivity index (χ4v) is 2.45. The Labute approximate surface area is 133 Å². The number of benzene rings is 1. The van der Waals surface area contributed by atoms with Gasteiger partial charge in [-0.1, -0.05) is 6.07 Å². The monoisotopic (exact) mass is 347 g/mol. The number of hydrogen-bond acceptors (Lipinski definition) is 3. The van der Waals surface area contributed by atoms with Crippen LogP contribution in [0.25, 0.3) is 5.69 Å². The molecule has 0 aliphatic carbocycles. The van der Waals surface area contributed by atoms with Crippen molar-refractivity contribution in [3.63, 3.8) is 0 Å². The second kappa shape index (κ2) is 7.49. The first-order valence-corrected chi connectivity index (χ1v) is 7.71. The molecule has 0 bridgehead atoms. The van der Waals surface area contributed by atoms with E-state index in [-0.39, 0.29) is 11.6 Å². The minimum Gasteiger partial charge on any atom is -0.346 e. The number of alkyl halides is 3. The molecule has 0 spiro atoms. The molecule has 0 unspecified atom stereocenters. The number of rotatable bonds is 6. The summed E-state index contributed by atoms with van der Waals surface area (Å²) in [5.74, 6) is -0.794. The van der Waals surface area contributed by atoms with Gasteiger partial charge >= 0.3 is 6.18 Å². The number of nitrogens with zero attached hydrogens (tertiary/aromatic N) is 2. The third-order valence-corrected chi connectivity index (χ3v) is 3.65. The number of halogens is 4. The quantitative estimate of drug-likeness (QED) is 0.818. The fourth-order valence-electron chi connectivity index (χ4n) is 1.70. The van der Waals surface area contributed by atoms with E-state index >= 15 is 0 Å². The third-order valence-electron chi connectivity index (χ3n) is 2.69. The molecule has 0 saturated heterocycles. The number of hydrogen-bond donors (Lipinski definition) is 1. The summed E-state index contributed by atoms with van der Waals surface area (Å²) < 4.78 is 50.4. The van der Waals surface area contributed by atoms with Crippen molar-refractivity contribution in [3.8, 4) is 5.69 Å². The number of amides is 1. The molecule has 1 N–H and O–H groups in total. The standard InChI is InChI=1S/C14H13F4N3OS/c15-10-2-1-3-12(6-10)21-5-4-11(20-21)7-23-8-13(22)19-9-14(16,17)18/h1-6H,7-9H2,(H,19,22). The number of carbonyl (C=O) groups is 1. The summed E-state index contributed by atoms with van der Waals surface area (Å²) in [6, 6.07) is 7.60. The largest absolute Gasteiger partial charge is 0.405 e. The van der Waals surface area contributed by atoms with Crippen molar-refractivity contribution in [1.29, 1.82) is 0 Å². The van der Waals surface area contributed by atoms with E-state index in [9.17, 15) is 22.4 Å². The second-order valence-electron chi connectivity index (χ2n) is 4.62. The van der Waals surface area contributed by atoms with Gasteiger partial charge in [-0.2, -0.15) is 18.3 Å². The Morgan fingerprint density at radius 1 is 1.30 bits per heavy atom. The van der Waals surface area contributed by atoms with Crippen molar-refractivity contribution in [2.24, 2.45) is 0 Å². The van der Waals surface area contributed by atoms with Gasteiger partial charge in [0, 0.05) is 11.9 Å². The summed E-state index contributed by atoms with van der Waals surface area (Å²) in [5, 5.41) is 6.02. The van der Waals surface area contributed by atoms with Crippen LogP contribution in [0.1, 0.15) is 5.69 Å². The third kappa shape index (κ3) is 5.93. The van der Waals surface area contributed by atoms with Crippen LogP contribution < -0.4 is 5.32 Å². The molecule has 124 valence electrons. The summed E-state index contributed by atoms with van der Waals surface area (Å²) in [5.41, 5.74) is 1.20. The Bertz CT molecular complexity index is 672. The summed E-state index contributed by atoms with van der Waals surface area (Å²) >= 11 is 1.15. The predicted molar refractivity (Wildman–Crippen MR) is 78.7 cm³/mol. The molecule has 9 heteroatoms. The lowest BCUT2D eigenvalue weighted by Crippen LogP contribution is -2.34. The van der Waals surface area contributed by atoms with Crippen LogP contribution in [0.4, 0.5) is 17.6 Å². The Morgan fingerprint density at radius 3 is 2.78 bits per heavy atom. The second-order valence-corrected chi connectivity index (χ2v) is 5.60. The van der Waals surface area contributed by atoms with Crippen LogP contribution in [-0.4, -0.2) is 34.2 Å². The van der Waals surface area contributed by atoms with Gasteiger partial charge in [0.15, 0.2) is 0 Å². The van der Waals surface area contributed by atoms with Crippen molar-refractivity contribution < 1.29 is 22.4 Å². The summed E-state index contributed by atoms with van der Waals surface area (Å²) in [7, 11) is 0. The van der Waals surface area contributed by atoms with E-state index in [1.54, 1.807) is 29.7 Å². The van der Waals surface area contributed by atoms with Crippen LogP contribution >= 0.6 is 11.8 Å². The van der Waals surface area contributed by atoms with Crippen LogP contribution in [0.15, 0.2) is 36.5 Å². The van der Waals surface area contributed by atoms with Crippen molar-refractivity contribution in [2.45, 2.75) is 11.9 Å². The number of thioether (sulfide) groups is 1. The summed E-state index contributed by atoms with van der Waals surface area (Å²) in [4.78, 5) is 11.2. The van der Waals surface area contributed by atoms with Gasteiger partial charge in [-0.3, -0.25) is 4.79 Å².